The van der Waals surface area contributed by atoms with E-state index in [1.807, 2.05) is 45.9 Å². The zero-order valence-electron chi connectivity index (χ0n) is 28.4. The molecule has 0 bridgehead atoms. The highest BCUT2D eigenvalue weighted by atomic mass is 16.6. The van der Waals surface area contributed by atoms with Gasteiger partial charge >= 0.3 is 23.9 Å². The van der Waals surface area contributed by atoms with E-state index < -0.39 is 35.6 Å². The number of nitriles is 1. The van der Waals surface area contributed by atoms with E-state index in [9.17, 15) is 24.4 Å². The highest BCUT2D eigenvalue weighted by Gasteiger charge is 2.36. The Labute approximate surface area is 281 Å². The molecule has 3 aromatic carbocycles. The maximum absolute atomic E-state index is 12.1. The van der Waals surface area contributed by atoms with Crippen LogP contribution in [0.3, 0.4) is 0 Å². The molecule has 1 saturated heterocycles. The Morgan fingerprint density at radius 1 is 0.812 bits per heavy atom. The second-order valence-corrected chi connectivity index (χ2v) is 12.4. The Kier molecular flexibility index (Phi) is 14.7. The van der Waals surface area contributed by atoms with E-state index >= 15 is 0 Å². The highest BCUT2D eigenvalue weighted by molar-refractivity contribution is 5.89. The quantitative estimate of drug-likeness (QED) is 0.152. The van der Waals surface area contributed by atoms with Gasteiger partial charge in [-0.05, 0) is 90.3 Å². The van der Waals surface area contributed by atoms with Crippen LogP contribution in [0.2, 0.25) is 0 Å². The van der Waals surface area contributed by atoms with Gasteiger partial charge in [-0.2, -0.15) is 5.26 Å². The van der Waals surface area contributed by atoms with Crippen molar-refractivity contribution in [3.05, 3.63) is 118 Å². The van der Waals surface area contributed by atoms with E-state index in [2.05, 4.69) is 0 Å². The number of hydrogen-bond donors (Lipinski definition) is 2. The summed E-state index contributed by atoms with van der Waals surface area (Å²) in [7, 11) is 0. The molecule has 1 unspecified atom stereocenters. The molecule has 10 nitrogen and oxygen atoms in total. The summed E-state index contributed by atoms with van der Waals surface area (Å²) in [6.07, 6.45) is 0.956. The number of rotatable bonds is 7. The summed E-state index contributed by atoms with van der Waals surface area (Å²) in [6, 6.07) is 22.7. The molecule has 3 atom stereocenters. The molecule has 1 aliphatic heterocycles. The van der Waals surface area contributed by atoms with E-state index in [-0.39, 0.29) is 24.2 Å². The van der Waals surface area contributed by atoms with Gasteiger partial charge in [0.05, 0.1) is 40.5 Å². The number of carboxylic acid groups (broad SMARTS) is 2. The SMILES string of the molecule is Cc1ccc(C(=O)O)cc1.Cc1ccc(C(=O)O)cc1.Cc1ccc(C(=O)OC[C@@H]2CC(C)[C@H](/C(C#N)=C/C(=O)OC(C)(C)C)O2)cc1. The second kappa shape index (κ2) is 18.2. The lowest BCUT2D eigenvalue weighted by Gasteiger charge is -2.19. The van der Waals surface area contributed by atoms with Crippen molar-refractivity contribution in [1.29, 1.82) is 5.26 Å². The Morgan fingerprint density at radius 3 is 1.60 bits per heavy atom. The van der Waals surface area contributed by atoms with Crippen molar-refractivity contribution in [1.82, 2.24) is 0 Å². The van der Waals surface area contributed by atoms with Crippen LogP contribution in [0.1, 0.15) is 81.9 Å². The summed E-state index contributed by atoms with van der Waals surface area (Å²) in [4.78, 5) is 44.8. The molecular weight excluding hydrogens is 614 g/mol. The van der Waals surface area contributed by atoms with Gasteiger partial charge in [0.25, 0.3) is 0 Å². The Hall–Kier alpha value is -5.27. The number of esters is 2. The van der Waals surface area contributed by atoms with Gasteiger partial charge in [0.15, 0.2) is 0 Å². The van der Waals surface area contributed by atoms with Crippen molar-refractivity contribution in [3.63, 3.8) is 0 Å². The molecule has 0 aromatic heterocycles. The fraction of sp³-hybridized carbons (Fsp3) is 0.342. The number of nitrogens with zero attached hydrogens (tertiary/aromatic N) is 1. The fourth-order valence-electron chi connectivity index (χ4n) is 4.39. The smallest absolute Gasteiger partial charge is 0.338 e. The molecule has 0 amide bonds. The van der Waals surface area contributed by atoms with Gasteiger partial charge in [0, 0.05) is 6.08 Å². The predicted octanol–water partition coefficient (Wildman–Crippen LogP) is 7.12. The lowest BCUT2D eigenvalue weighted by Crippen LogP contribution is -2.24. The summed E-state index contributed by atoms with van der Waals surface area (Å²) in [5.74, 6) is -2.73. The van der Waals surface area contributed by atoms with E-state index in [0.29, 0.717) is 23.1 Å². The molecule has 2 N–H and O–H groups in total. The number of carbonyl (C=O) groups is 4. The van der Waals surface area contributed by atoms with Crippen LogP contribution in [0, 0.1) is 38.0 Å². The Morgan fingerprint density at radius 2 is 1.23 bits per heavy atom. The van der Waals surface area contributed by atoms with E-state index in [0.717, 1.165) is 16.7 Å². The van der Waals surface area contributed by atoms with Crippen molar-refractivity contribution in [2.45, 2.75) is 72.7 Å². The Bertz CT molecular complexity index is 1560. The molecule has 3 aromatic rings. The van der Waals surface area contributed by atoms with Crippen LogP contribution in [-0.2, 0) is 19.0 Å². The minimum Gasteiger partial charge on any atom is -0.478 e. The first-order valence-electron chi connectivity index (χ1n) is 15.3. The summed E-state index contributed by atoms with van der Waals surface area (Å²) in [5.41, 5.74) is 3.95. The lowest BCUT2D eigenvalue weighted by molar-refractivity contribution is -0.148. The topological polar surface area (TPSA) is 160 Å². The normalized spacial score (nSPS) is 17.0. The summed E-state index contributed by atoms with van der Waals surface area (Å²) in [6.45, 7) is 13.1. The molecule has 1 heterocycles. The summed E-state index contributed by atoms with van der Waals surface area (Å²) < 4.78 is 16.5. The van der Waals surface area contributed by atoms with Gasteiger partial charge in [0.1, 0.15) is 12.2 Å². The maximum Gasteiger partial charge on any atom is 0.338 e. The maximum atomic E-state index is 12.1. The number of carbonyl (C=O) groups excluding carboxylic acids is 2. The van der Waals surface area contributed by atoms with Crippen molar-refractivity contribution >= 4 is 23.9 Å². The number of hydrogen-bond acceptors (Lipinski definition) is 8. The molecule has 0 radical (unpaired) electrons. The first kappa shape index (κ1) is 38.9. The molecule has 1 aliphatic rings. The number of benzene rings is 3. The third kappa shape index (κ3) is 13.6. The van der Waals surface area contributed by atoms with Crippen LogP contribution in [0.5, 0.6) is 0 Å². The first-order valence-corrected chi connectivity index (χ1v) is 15.3. The van der Waals surface area contributed by atoms with Crippen molar-refractivity contribution in [3.8, 4) is 6.07 Å². The van der Waals surface area contributed by atoms with Gasteiger partial charge in [0.2, 0.25) is 0 Å². The second-order valence-electron chi connectivity index (χ2n) is 12.4. The van der Waals surface area contributed by atoms with Crippen molar-refractivity contribution in [2.24, 2.45) is 5.92 Å². The van der Waals surface area contributed by atoms with Gasteiger partial charge in [-0.3, -0.25) is 0 Å². The minimum atomic E-state index is -0.875. The van der Waals surface area contributed by atoms with Crippen molar-refractivity contribution < 1.29 is 43.6 Å². The largest absolute Gasteiger partial charge is 0.478 e. The Balaban J connectivity index is 0.000000323. The number of aromatic carboxylic acids is 2. The van der Waals surface area contributed by atoms with Crippen LogP contribution >= 0.6 is 0 Å². The van der Waals surface area contributed by atoms with Crippen LogP contribution in [-0.4, -0.2) is 58.5 Å². The number of ether oxygens (including phenoxy) is 3. The fourth-order valence-corrected chi connectivity index (χ4v) is 4.39. The summed E-state index contributed by atoms with van der Waals surface area (Å²) >= 11 is 0. The van der Waals surface area contributed by atoms with Crippen LogP contribution in [0.15, 0.2) is 84.4 Å². The number of aryl methyl sites for hydroxylation is 3. The monoisotopic (exact) mass is 657 g/mol. The molecule has 48 heavy (non-hydrogen) atoms. The standard InChI is InChI=1S/C22H27NO5.2C8H8O2/c1-14-6-8-16(9-7-14)21(25)26-13-18-10-15(2)20(27-18)17(12-23)11-19(24)28-22(3,4)5;2*1-6-2-4-7(5-3-6)8(9)10/h6-9,11,15,18,20H,10,13H2,1-5H3;2*2-5H,1H3,(H,9,10)/b17-11+;;/t15?,18-,20+;;/m0../s1. The third-order valence-electron chi connectivity index (χ3n) is 6.89. The number of carboxylic acids is 2. The summed E-state index contributed by atoms with van der Waals surface area (Å²) in [5, 5.41) is 26.4. The average Bonchev–Trinajstić information content (AvgIpc) is 3.39. The molecule has 0 aliphatic carbocycles. The highest BCUT2D eigenvalue weighted by Crippen LogP contribution is 2.31. The van der Waals surface area contributed by atoms with Gasteiger partial charge < -0.3 is 24.4 Å². The third-order valence-corrected chi connectivity index (χ3v) is 6.89. The molecule has 0 spiro atoms. The zero-order chi connectivity index (χ0) is 36.0. The van der Waals surface area contributed by atoms with Gasteiger partial charge in [-0.25, -0.2) is 19.2 Å². The van der Waals surface area contributed by atoms with Crippen LogP contribution in [0.4, 0.5) is 0 Å². The van der Waals surface area contributed by atoms with Gasteiger partial charge in [-0.15, -0.1) is 0 Å². The van der Waals surface area contributed by atoms with E-state index in [4.69, 9.17) is 24.4 Å². The minimum absolute atomic E-state index is 0.0106. The first-order chi connectivity index (χ1) is 22.5. The zero-order valence-corrected chi connectivity index (χ0v) is 28.4. The predicted molar refractivity (Wildman–Crippen MR) is 180 cm³/mol. The lowest BCUT2D eigenvalue weighted by atomic mass is 9.96. The molecule has 10 heteroatoms. The van der Waals surface area contributed by atoms with Crippen LogP contribution in [0.25, 0.3) is 0 Å². The average molecular weight is 658 g/mol. The molecule has 254 valence electrons. The molecular formula is C38H43NO9. The van der Waals surface area contributed by atoms with E-state index in [1.165, 1.54) is 6.08 Å². The molecule has 4 rings (SSSR count). The van der Waals surface area contributed by atoms with Crippen LogP contribution < -0.4 is 0 Å². The van der Waals surface area contributed by atoms with Crippen molar-refractivity contribution in [2.75, 3.05) is 6.61 Å². The molecule has 1 fully saturated rings. The van der Waals surface area contributed by atoms with Gasteiger partial charge in [-0.1, -0.05) is 60.0 Å². The van der Waals surface area contributed by atoms with E-state index in [1.54, 1.807) is 81.4 Å². The molecule has 0 saturated carbocycles.